The molecule has 1 rings (SSSR count). The second-order valence-corrected chi connectivity index (χ2v) is 3.31. The molecule has 0 aliphatic heterocycles. The molecule has 0 amide bonds. The minimum Gasteiger partial charge on any atom is -0.390 e. The second-order valence-electron chi connectivity index (χ2n) is 3.31. The van der Waals surface area contributed by atoms with Crippen molar-refractivity contribution in [2.75, 3.05) is 20.8 Å². The summed E-state index contributed by atoms with van der Waals surface area (Å²) in [6.45, 7) is 0.550. The molecule has 0 spiro atoms. The van der Waals surface area contributed by atoms with E-state index in [9.17, 15) is 5.11 Å². The van der Waals surface area contributed by atoms with E-state index in [0.717, 1.165) is 6.42 Å². The zero-order valence-electron chi connectivity index (χ0n) is 8.14. The van der Waals surface area contributed by atoms with Gasteiger partial charge in [0.1, 0.15) is 0 Å². The first-order chi connectivity index (χ1) is 5.70. The average Bonchev–Trinajstić information content (AvgIpc) is 2.29. The summed E-state index contributed by atoms with van der Waals surface area (Å²) >= 11 is 0. The van der Waals surface area contributed by atoms with E-state index in [1.165, 1.54) is 0 Å². The Bertz CT molecular complexity index is 147. The quantitative estimate of drug-likeness (QED) is 0.711. The topological polar surface area (TPSA) is 64.7 Å². The summed E-state index contributed by atoms with van der Waals surface area (Å²) in [5.41, 5.74) is 5.76. The van der Waals surface area contributed by atoms with Crippen LogP contribution in [0.5, 0.6) is 0 Å². The third-order valence-corrected chi connectivity index (χ3v) is 2.47. The van der Waals surface area contributed by atoms with Crippen molar-refractivity contribution in [1.82, 2.24) is 0 Å². The maximum atomic E-state index is 9.67. The van der Waals surface area contributed by atoms with Gasteiger partial charge in [-0.2, -0.15) is 0 Å². The van der Waals surface area contributed by atoms with Gasteiger partial charge >= 0.3 is 0 Å². The summed E-state index contributed by atoms with van der Waals surface area (Å²) in [7, 11) is 3.20. The van der Waals surface area contributed by atoms with E-state index in [1.807, 2.05) is 0 Å². The van der Waals surface area contributed by atoms with Crippen molar-refractivity contribution in [3.63, 3.8) is 0 Å². The summed E-state index contributed by atoms with van der Waals surface area (Å²) in [4.78, 5) is 0. The van der Waals surface area contributed by atoms with Crippen LogP contribution in [-0.2, 0) is 42.2 Å². The van der Waals surface area contributed by atoms with Gasteiger partial charge in [0.2, 0.25) is 0 Å². The number of hydrogen-bond donors (Lipinski definition) is 2. The van der Waals surface area contributed by atoms with Crippen LogP contribution >= 0.6 is 0 Å². The van der Waals surface area contributed by atoms with Gasteiger partial charge in [0.15, 0.2) is 0 Å². The van der Waals surface area contributed by atoms with Crippen LogP contribution in [0.4, 0.5) is 0 Å². The molecule has 1 unspecified atom stereocenters. The predicted molar refractivity (Wildman–Crippen MR) is 44.8 cm³/mol. The van der Waals surface area contributed by atoms with Crippen LogP contribution in [-0.4, -0.2) is 44.2 Å². The summed E-state index contributed by atoms with van der Waals surface area (Å²) in [5.74, 6) is 0.120. The van der Waals surface area contributed by atoms with Crippen LogP contribution in [0, 0.1) is 5.92 Å². The minimum absolute atomic E-state index is 0. The fourth-order valence-corrected chi connectivity index (χ4v) is 1.84. The van der Waals surface area contributed by atoms with Crippen molar-refractivity contribution in [2.24, 2.45) is 11.7 Å². The monoisotopic (exact) mass is 264 g/mol. The van der Waals surface area contributed by atoms with Crippen LogP contribution in [0.3, 0.4) is 0 Å². The minimum atomic E-state index is -0.482. The van der Waals surface area contributed by atoms with E-state index >= 15 is 0 Å². The molecule has 1 fully saturated rings. The van der Waals surface area contributed by atoms with Crippen LogP contribution in [0.2, 0.25) is 0 Å². The van der Waals surface area contributed by atoms with Crippen molar-refractivity contribution in [3.8, 4) is 0 Å². The van der Waals surface area contributed by atoms with Gasteiger partial charge in [-0.1, -0.05) is 0 Å². The molecule has 0 heterocycles. The number of ether oxygens (including phenoxy) is 2. The molecule has 0 bridgehead atoms. The normalized spacial score (nSPS) is 38.8. The first-order valence-corrected chi connectivity index (χ1v) is 4.16. The smallest absolute Gasteiger partial charge is 0.0984 e. The summed E-state index contributed by atoms with van der Waals surface area (Å²) in [6.07, 6.45) is 0.0585. The van der Waals surface area contributed by atoms with Crippen LogP contribution in [0.1, 0.15) is 6.42 Å². The number of aliphatic hydroxyl groups excluding tert-OH is 1. The Balaban J connectivity index is 0.00000144. The molecule has 3 N–H and O–H groups in total. The Hall–Kier alpha value is 0.944. The molecule has 1 aliphatic rings. The van der Waals surface area contributed by atoms with Gasteiger partial charge < -0.3 is 20.3 Å². The summed E-state index contributed by atoms with van der Waals surface area (Å²) < 4.78 is 10.0. The molecule has 0 aromatic heterocycles. The van der Waals surface area contributed by atoms with E-state index in [-0.39, 0.29) is 50.8 Å². The Morgan fingerprint density at radius 3 is 2.46 bits per heavy atom. The molecule has 1 radical (unpaired) electrons. The average molecular weight is 264 g/mol. The second kappa shape index (κ2) is 6.43. The molecular weight excluding hydrogens is 247 g/mol. The molecule has 4 nitrogen and oxygen atoms in total. The number of aliphatic hydroxyl groups is 1. The maximum absolute atomic E-state index is 9.67. The summed E-state index contributed by atoms with van der Waals surface area (Å²) in [5, 5.41) is 9.67. The van der Waals surface area contributed by atoms with Gasteiger partial charge in [-0.3, -0.25) is 0 Å². The van der Waals surface area contributed by atoms with Crippen molar-refractivity contribution in [1.29, 1.82) is 0 Å². The van der Waals surface area contributed by atoms with E-state index in [2.05, 4.69) is 0 Å². The van der Waals surface area contributed by atoms with E-state index in [4.69, 9.17) is 15.2 Å². The number of nitrogens with two attached hydrogens (primary N) is 1. The molecule has 5 heteroatoms. The Morgan fingerprint density at radius 1 is 1.46 bits per heavy atom. The molecule has 75 valence electrons. The van der Waals surface area contributed by atoms with Crippen molar-refractivity contribution in [2.45, 2.75) is 24.7 Å². The van der Waals surface area contributed by atoms with Crippen LogP contribution in [0.25, 0.3) is 0 Å². The predicted octanol–water partition coefficient (Wildman–Crippen LogP) is -0.647. The Kier molecular flexibility index (Phi) is 6.90. The number of rotatable bonds is 3. The van der Waals surface area contributed by atoms with Gasteiger partial charge in [-0.05, 0) is 6.42 Å². The molecule has 1 saturated carbocycles. The van der Waals surface area contributed by atoms with Crippen LogP contribution < -0.4 is 5.73 Å². The van der Waals surface area contributed by atoms with Gasteiger partial charge in [-0.25, -0.2) is 0 Å². The largest absolute Gasteiger partial charge is 0.390 e. The Morgan fingerprint density at radius 2 is 2.08 bits per heavy atom. The molecular formula is C8H17NO3Y. The van der Waals surface area contributed by atoms with Gasteiger partial charge in [0.25, 0.3) is 0 Å². The standard InChI is InChI=1S/C8H17NO3.Y/c1-11-4-5-3-6(9)8(12-2)7(5)10;/h5-8,10H,3-4,9H2,1-2H3;/t5-,6-,7?,8-;/m1./s1. The third-order valence-electron chi connectivity index (χ3n) is 2.47. The van der Waals surface area contributed by atoms with E-state index < -0.39 is 6.10 Å². The fraction of sp³-hybridized carbons (Fsp3) is 1.00. The van der Waals surface area contributed by atoms with Crippen molar-refractivity contribution < 1.29 is 47.3 Å². The third kappa shape index (κ3) is 3.22. The summed E-state index contributed by atoms with van der Waals surface area (Å²) in [6, 6.07) is -0.0647. The molecule has 1 aliphatic carbocycles. The maximum Gasteiger partial charge on any atom is 0.0984 e. The first-order valence-electron chi connectivity index (χ1n) is 4.16. The molecule has 0 aromatic rings. The fourth-order valence-electron chi connectivity index (χ4n) is 1.84. The van der Waals surface area contributed by atoms with Gasteiger partial charge in [-0.15, -0.1) is 0 Å². The van der Waals surface area contributed by atoms with E-state index in [1.54, 1.807) is 14.2 Å². The van der Waals surface area contributed by atoms with Gasteiger partial charge in [0.05, 0.1) is 18.8 Å². The zero-order chi connectivity index (χ0) is 9.14. The molecule has 4 atom stereocenters. The molecule has 13 heavy (non-hydrogen) atoms. The zero-order valence-corrected chi connectivity index (χ0v) is 11.0. The van der Waals surface area contributed by atoms with Crippen molar-refractivity contribution in [3.05, 3.63) is 0 Å². The number of methoxy groups -OCH3 is 2. The van der Waals surface area contributed by atoms with E-state index in [0.29, 0.717) is 6.61 Å². The molecule has 0 saturated heterocycles. The van der Waals surface area contributed by atoms with Gasteiger partial charge in [0, 0.05) is 58.9 Å². The Labute approximate surface area is 104 Å². The number of hydrogen-bond acceptors (Lipinski definition) is 4. The first kappa shape index (κ1) is 13.9. The SMILES string of the molecule is COC[C@H]1C[C@@H](N)[C@@H](OC)C1O.[Y]. The van der Waals surface area contributed by atoms with Crippen molar-refractivity contribution >= 4 is 0 Å². The molecule has 0 aromatic carbocycles. The van der Waals surface area contributed by atoms with Crippen LogP contribution in [0.15, 0.2) is 0 Å².